The molecule has 0 bridgehead atoms. The summed E-state index contributed by atoms with van der Waals surface area (Å²) >= 11 is 0. The van der Waals surface area contributed by atoms with E-state index in [1.165, 1.54) is 38.6 Å². The highest BCUT2D eigenvalue weighted by atomic mass is 16.5. The van der Waals surface area contributed by atoms with Crippen LogP contribution in [0.5, 0.6) is 11.5 Å². The summed E-state index contributed by atoms with van der Waals surface area (Å²) in [6.45, 7) is 15.9. The van der Waals surface area contributed by atoms with Crippen molar-refractivity contribution in [3.05, 3.63) is 210 Å². The zero-order chi connectivity index (χ0) is 40.9. The number of benzene rings is 6. The summed E-state index contributed by atoms with van der Waals surface area (Å²) in [5.74, 6) is 2.37. The highest BCUT2D eigenvalue weighted by Crippen LogP contribution is 2.41. The highest BCUT2D eigenvalue weighted by Gasteiger charge is 2.27. The van der Waals surface area contributed by atoms with Gasteiger partial charge in [0.2, 0.25) is 0 Å². The van der Waals surface area contributed by atoms with Gasteiger partial charge >= 0.3 is 0 Å². The Balaban J connectivity index is 1.07. The minimum Gasteiger partial charge on any atom is -0.458 e. The van der Waals surface area contributed by atoms with Crippen molar-refractivity contribution in [1.29, 1.82) is 0 Å². The van der Waals surface area contributed by atoms with E-state index in [0.717, 1.165) is 39.7 Å². The Hall–Kier alpha value is -6.72. The lowest BCUT2D eigenvalue weighted by Gasteiger charge is -2.26. The van der Waals surface area contributed by atoms with Gasteiger partial charge in [-0.05, 0) is 93.9 Å². The maximum Gasteiger partial charge on any atom is 0.268 e. The van der Waals surface area contributed by atoms with Gasteiger partial charge in [0.1, 0.15) is 17.3 Å². The normalized spacial score (nSPS) is 12.3. The zero-order valence-corrected chi connectivity index (χ0v) is 34.9. The van der Waals surface area contributed by atoms with Crippen LogP contribution in [-0.2, 0) is 16.2 Å². The monoisotopic (exact) mass is 770 g/mol. The molecular weight excluding hydrogens is 721 g/mol. The summed E-state index contributed by atoms with van der Waals surface area (Å²) in [6.07, 6.45) is 9.55. The topological polar surface area (TPSA) is 35.9 Å². The molecule has 0 aliphatic heterocycles. The summed E-state index contributed by atoms with van der Waals surface area (Å²) in [5, 5.41) is 2.41. The molecular formula is C54H50N4O. The fourth-order valence-electron chi connectivity index (χ4n) is 8.44. The third kappa shape index (κ3) is 7.01. The largest absolute Gasteiger partial charge is 0.458 e. The first-order chi connectivity index (χ1) is 28.4. The lowest BCUT2D eigenvalue weighted by Crippen LogP contribution is -2.29. The van der Waals surface area contributed by atoms with E-state index in [0.29, 0.717) is 0 Å². The number of fused-ring (bicyclic) bond motifs is 3. The van der Waals surface area contributed by atoms with Gasteiger partial charge in [0.15, 0.2) is 0 Å². The Bertz CT molecular complexity index is 2950. The van der Waals surface area contributed by atoms with Crippen LogP contribution in [0.4, 0.5) is 0 Å². The van der Waals surface area contributed by atoms with Crippen LogP contribution in [0.15, 0.2) is 176 Å². The molecule has 3 aromatic heterocycles. The van der Waals surface area contributed by atoms with E-state index in [-0.39, 0.29) is 16.2 Å². The molecule has 3 heterocycles. The molecule has 0 N–H and O–H groups in total. The molecule has 9 aromatic rings. The van der Waals surface area contributed by atoms with Gasteiger partial charge in [0, 0.05) is 46.3 Å². The summed E-state index contributed by atoms with van der Waals surface area (Å²) in [4.78, 5) is 5.01. The first kappa shape index (κ1) is 37.8. The van der Waals surface area contributed by atoms with E-state index in [1.54, 1.807) is 0 Å². The maximum atomic E-state index is 6.69. The van der Waals surface area contributed by atoms with Crippen molar-refractivity contribution in [3.63, 3.8) is 0 Å². The van der Waals surface area contributed by atoms with Crippen molar-refractivity contribution in [2.45, 2.75) is 64.7 Å². The summed E-state index contributed by atoms with van der Waals surface area (Å²) in [6, 6.07) is 55.7. The maximum absolute atomic E-state index is 6.69. The average Bonchev–Trinajstić information content (AvgIpc) is 3.88. The van der Waals surface area contributed by atoms with Gasteiger partial charge in [-0.1, -0.05) is 139 Å². The predicted molar refractivity (Wildman–Crippen MR) is 241 cm³/mol. The smallest absolute Gasteiger partial charge is 0.268 e. The molecule has 0 amide bonds. The molecule has 5 nitrogen and oxygen atoms in total. The second-order valence-corrected chi connectivity index (χ2v) is 17.6. The molecule has 0 saturated carbocycles. The van der Waals surface area contributed by atoms with Gasteiger partial charge in [-0.2, -0.15) is 0 Å². The Morgan fingerprint density at radius 1 is 0.559 bits per heavy atom. The predicted octanol–water partition coefficient (Wildman–Crippen LogP) is 12.8. The summed E-state index contributed by atoms with van der Waals surface area (Å²) in [5.41, 5.74) is 10.0. The quantitative estimate of drug-likeness (QED) is 0.108. The van der Waals surface area contributed by atoms with Gasteiger partial charge in [-0.25, -0.2) is 4.98 Å². The van der Waals surface area contributed by atoms with E-state index < -0.39 is 0 Å². The number of nitrogens with zero attached hydrogens (tertiary/aromatic N) is 4. The van der Waals surface area contributed by atoms with Crippen molar-refractivity contribution >= 4 is 21.8 Å². The third-order valence-electron chi connectivity index (χ3n) is 12.0. The molecule has 0 unspecified atom stereocenters. The van der Waals surface area contributed by atoms with Crippen molar-refractivity contribution in [3.8, 4) is 28.7 Å². The number of imidazole rings is 1. The molecule has 9 rings (SSSR count). The lowest BCUT2D eigenvalue weighted by molar-refractivity contribution is -0.599. The van der Waals surface area contributed by atoms with Gasteiger partial charge in [0.25, 0.3) is 6.33 Å². The van der Waals surface area contributed by atoms with E-state index in [4.69, 9.17) is 9.72 Å². The number of rotatable bonds is 9. The number of hydrogen-bond acceptors (Lipinski definition) is 2. The number of ether oxygens (including phenoxy) is 1. The molecule has 0 fully saturated rings. The van der Waals surface area contributed by atoms with Crippen molar-refractivity contribution in [1.82, 2.24) is 14.1 Å². The lowest BCUT2D eigenvalue weighted by atomic mass is 9.78. The molecule has 5 heteroatoms. The van der Waals surface area contributed by atoms with E-state index >= 15 is 0 Å². The molecule has 0 saturated heterocycles. The fourth-order valence-corrected chi connectivity index (χ4v) is 8.44. The number of aromatic nitrogens is 4. The summed E-state index contributed by atoms with van der Waals surface area (Å²) in [7, 11) is 0. The van der Waals surface area contributed by atoms with E-state index in [1.807, 2.05) is 39.9 Å². The van der Waals surface area contributed by atoms with Crippen LogP contribution in [0.3, 0.4) is 0 Å². The van der Waals surface area contributed by atoms with Crippen molar-refractivity contribution in [2.75, 3.05) is 0 Å². The zero-order valence-electron chi connectivity index (χ0n) is 34.9. The van der Waals surface area contributed by atoms with E-state index in [9.17, 15) is 0 Å². The first-order valence-corrected chi connectivity index (χ1v) is 20.5. The minimum absolute atomic E-state index is 0.0615. The standard InChI is InChI=1S/C54H50N4O/c1-52(2,3)47-25-16-26-48-51(47)46-28-27-45(36-49(46)58(48)50-34-41(29-30-55-50)54(6,7)39-19-12-9-13-20-39)59-44-24-15-23-43(35-44)57-32-31-56(37-57)42-22-14-21-40(33-42)53(4,5)38-17-10-8-11-18-38/h8-36H,1-7H3. The van der Waals surface area contributed by atoms with Gasteiger partial charge in [-0.15, -0.1) is 0 Å². The second kappa shape index (κ2) is 14.6. The van der Waals surface area contributed by atoms with E-state index in [2.05, 4.69) is 205 Å². The molecule has 0 atom stereocenters. The molecule has 0 spiro atoms. The van der Waals surface area contributed by atoms with Crippen molar-refractivity contribution in [2.24, 2.45) is 0 Å². The fraction of sp³-hybridized carbons (Fsp3) is 0.185. The Morgan fingerprint density at radius 2 is 1.20 bits per heavy atom. The number of pyridine rings is 1. The van der Waals surface area contributed by atoms with Crippen LogP contribution < -0.4 is 9.30 Å². The molecule has 6 aromatic carbocycles. The van der Waals surface area contributed by atoms with Gasteiger partial charge in [0.05, 0.1) is 22.4 Å². The van der Waals surface area contributed by atoms with Crippen LogP contribution >= 0.6 is 0 Å². The first-order valence-electron chi connectivity index (χ1n) is 20.5. The summed E-state index contributed by atoms with van der Waals surface area (Å²) < 4.78 is 13.0. The highest BCUT2D eigenvalue weighted by molar-refractivity contribution is 6.11. The second-order valence-electron chi connectivity index (χ2n) is 17.6. The molecule has 0 radical (unpaired) electrons. The Kier molecular flexibility index (Phi) is 9.35. The van der Waals surface area contributed by atoms with Crippen LogP contribution in [0, 0.1) is 6.33 Å². The van der Waals surface area contributed by atoms with Gasteiger partial charge in [-0.3, -0.25) is 13.7 Å². The number of hydrogen-bond donors (Lipinski definition) is 0. The SMILES string of the molecule is CC(C)(C)c1cccc2c1c1ccc(Oc3cccc(-n4[c-][n+](-c5cccc(C(C)(C)c6ccccc6)c5)cc4)c3)cc1n2-c1cc(C(C)(C)c2ccccc2)ccn1. The third-order valence-corrected chi connectivity index (χ3v) is 12.0. The van der Waals surface area contributed by atoms with Crippen LogP contribution in [0.25, 0.3) is 39.0 Å². The Morgan fingerprint density at radius 3 is 1.92 bits per heavy atom. The van der Waals surface area contributed by atoms with Crippen LogP contribution in [-0.4, -0.2) is 14.1 Å². The molecule has 0 aliphatic rings. The molecule has 0 aliphatic carbocycles. The van der Waals surface area contributed by atoms with Crippen LogP contribution in [0.1, 0.15) is 76.3 Å². The van der Waals surface area contributed by atoms with Crippen molar-refractivity contribution < 1.29 is 9.30 Å². The molecule has 292 valence electrons. The molecule has 59 heavy (non-hydrogen) atoms. The van der Waals surface area contributed by atoms with Gasteiger partial charge < -0.3 is 4.74 Å². The van der Waals surface area contributed by atoms with Crippen LogP contribution in [0.2, 0.25) is 0 Å². The Labute approximate surface area is 347 Å². The minimum atomic E-state index is -0.215. The average molecular weight is 771 g/mol.